The van der Waals surface area contributed by atoms with Gasteiger partial charge < -0.3 is 10.6 Å². The fourth-order valence-electron chi connectivity index (χ4n) is 4.15. The molecule has 1 aliphatic heterocycles. The monoisotopic (exact) mass is 400 g/mol. The van der Waals surface area contributed by atoms with E-state index >= 15 is 0 Å². The zero-order valence-corrected chi connectivity index (χ0v) is 15.2. The van der Waals surface area contributed by atoms with E-state index < -0.39 is 11.9 Å². The van der Waals surface area contributed by atoms with Crippen LogP contribution in [-0.4, -0.2) is 39.7 Å². The van der Waals surface area contributed by atoms with Gasteiger partial charge in [0.05, 0.1) is 11.9 Å². The third kappa shape index (κ3) is 3.55. The smallest absolute Gasteiger partial charge is 0.338 e. The molecule has 1 aromatic carbocycles. The number of benzene rings is 1. The summed E-state index contributed by atoms with van der Waals surface area (Å²) >= 11 is 0. The molecule has 1 saturated heterocycles. The molecule has 0 bridgehead atoms. The number of aromatic nitrogens is 2. The summed E-state index contributed by atoms with van der Waals surface area (Å²) in [5.74, 6) is 0.583. The van der Waals surface area contributed by atoms with Crippen LogP contribution < -0.4 is 5.73 Å². The Morgan fingerprint density at radius 3 is 2.67 bits per heavy atom. The quantitative estimate of drug-likeness (QED) is 0.842. The summed E-state index contributed by atoms with van der Waals surface area (Å²) in [6.07, 6.45) is -1.40. The van der Waals surface area contributed by atoms with Gasteiger partial charge in [0.15, 0.2) is 0 Å². The normalized spacial score (nSPS) is 24.6. The van der Waals surface area contributed by atoms with Gasteiger partial charge in [-0.2, -0.15) is 18.3 Å². The Morgan fingerprint density at radius 2 is 1.96 bits per heavy atom. The van der Waals surface area contributed by atoms with Gasteiger partial charge in [0.2, 0.25) is 0 Å². The van der Waals surface area contributed by atoms with Crippen LogP contribution >= 0.6 is 12.4 Å². The Morgan fingerprint density at radius 1 is 1.19 bits per heavy atom. The average Bonchev–Trinajstić information content (AvgIpc) is 3.31. The molecule has 3 atom stereocenters. The van der Waals surface area contributed by atoms with Crippen LogP contribution in [-0.2, 0) is 6.18 Å². The molecule has 1 aromatic heterocycles. The maximum absolute atomic E-state index is 13.1. The fourth-order valence-corrected chi connectivity index (χ4v) is 4.15. The minimum Gasteiger partial charge on any atom is -0.338 e. The molecule has 27 heavy (non-hydrogen) atoms. The van der Waals surface area contributed by atoms with E-state index in [2.05, 4.69) is 5.10 Å². The highest BCUT2D eigenvalue weighted by molar-refractivity contribution is 5.95. The summed E-state index contributed by atoms with van der Waals surface area (Å²) in [4.78, 5) is 14.6. The van der Waals surface area contributed by atoms with E-state index in [4.69, 9.17) is 5.73 Å². The lowest BCUT2D eigenvalue weighted by Gasteiger charge is -2.19. The molecule has 2 aromatic rings. The number of hydrogen-bond acceptors (Lipinski definition) is 3. The lowest BCUT2D eigenvalue weighted by atomic mass is 9.98. The van der Waals surface area contributed by atoms with Crippen molar-refractivity contribution in [3.63, 3.8) is 0 Å². The van der Waals surface area contributed by atoms with Crippen molar-refractivity contribution in [1.29, 1.82) is 0 Å². The number of fused-ring (bicyclic) bond motifs is 1. The van der Waals surface area contributed by atoms with Crippen LogP contribution in [0.1, 0.15) is 28.9 Å². The Hall–Kier alpha value is -2.06. The van der Waals surface area contributed by atoms with Crippen molar-refractivity contribution in [2.24, 2.45) is 17.6 Å². The van der Waals surface area contributed by atoms with E-state index in [9.17, 15) is 18.0 Å². The van der Waals surface area contributed by atoms with Gasteiger partial charge in [-0.25, -0.2) is 4.68 Å². The van der Waals surface area contributed by atoms with Crippen molar-refractivity contribution in [3.05, 3.63) is 47.8 Å². The topological polar surface area (TPSA) is 64.2 Å². The first-order chi connectivity index (χ1) is 12.3. The van der Waals surface area contributed by atoms with Crippen molar-refractivity contribution in [1.82, 2.24) is 14.7 Å². The number of nitrogens with zero attached hydrogens (tertiary/aromatic N) is 3. The molecule has 1 amide bonds. The number of rotatable bonds is 2. The second-order valence-corrected chi connectivity index (χ2v) is 7.05. The van der Waals surface area contributed by atoms with Gasteiger partial charge in [0.1, 0.15) is 5.69 Å². The first-order valence-corrected chi connectivity index (χ1v) is 8.61. The van der Waals surface area contributed by atoms with Crippen molar-refractivity contribution >= 4 is 18.3 Å². The molecule has 0 radical (unpaired) electrons. The molecule has 2 fully saturated rings. The van der Waals surface area contributed by atoms with Crippen molar-refractivity contribution in [3.8, 4) is 5.69 Å². The summed E-state index contributed by atoms with van der Waals surface area (Å²) in [7, 11) is 0. The predicted octanol–water partition coefficient (Wildman–Crippen LogP) is 3.12. The van der Waals surface area contributed by atoms with Crippen LogP contribution in [0.3, 0.4) is 0 Å². The summed E-state index contributed by atoms with van der Waals surface area (Å²) in [5, 5.41) is 3.76. The summed E-state index contributed by atoms with van der Waals surface area (Å²) in [6.45, 7) is 1.28. The zero-order valence-electron chi connectivity index (χ0n) is 14.4. The Balaban J connectivity index is 0.00000210. The summed E-state index contributed by atoms with van der Waals surface area (Å²) in [6, 6.07) is 7.20. The molecular formula is C18H20ClF3N4O. The molecule has 5 nitrogen and oxygen atoms in total. The highest BCUT2D eigenvalue weighted by Crippen LogP contribution is 2.37. The van der Waals surface area contributed by atoms with Crippen LogP contribution in [0, 0.1) is 11.8 Å². The summed E-state index contributed by atoms with van der Waals surface area (Å²) < 4.78 is 40.1. The highest BCUT2D eigenvalue weighted by Gasteiger charge is 2.42. The number of nitrogens with two attached hydrogens (primary N) is 1. The SMILES string of the molecule is Cl.NC1CCC2CN(C(=O)c3cccc(-n4nccc4C(F)(F)F)c3)CC12. The third-order valence-electron chi connectivity index (χ3n) is 5.47. The molecule has 9 heteroatoms. The first kappa shape index (κ1) is 19.7. The largest absolute Gasteiger partial charge is 0.433 e. The number of hydrogen-bond donors (Lipinski definition) is 1. The average molecular weight is 401 g/mol. The van der Waals surface area contributed by atoms with Crippen LogP contribution in [0.2, 0.25) is 0 Å². The number of carbonyl (C=O) groups is 1. The van der Waals surface area contributed by atoms with E-state index in [-0.39, 0.29) is 30.0 Å². The van der Waals surface area contributed by atoms with Gasteiger partial charge in [-0.1, -0.05) is 6.07 Å². The number of carbonyl (C=O) groups excluding carboxylic acids is 1. The minimum atomic E-state index is -4.51. The van der Waals surface area contributed by atoms with Gasteiger partial charge >= 0.3 is 6.18 Å². The molecule has 2 N–H and O–H groups in total. The lowest BCUT2D eigenvalue weighted by molar-refractivity contribution is -0.142. The summed E-state index contributed by atoms with van der Waals surface area (Å²) in [5.41, 5.74) is 5.81. The molecule has 0 spiro atoms. The lowest BCUT2D eigenvalue weighted by Crippen LogP contribution is -2.33. The van der Waals surface area contributed by atoms with Crippen molar-refractivity contribution in [2.45, 2.75) is 25.1 Å². The van der Waals surface area contributed by atoms with E-state index in [0.717, 1.165) is 29.8 Å². The number of alkyl halides is 3. The molecular weight excluding hydrogens is 381 g/mol. The van der Waals surface area contributed by atoms with Gasteiger partial charge in [-0.05, 0) is 48.9 Å². The Labute approximate surface area is 160 Å². The van der Waals surface area contributed by atoms with Crippen molar-refractivity contribution < 1.29 is 18.0 Å². The standard InChI is InChI=1S/C18H19F3N4O.ClH/c19-18(20,21)16-6-7-23-25(16)13-3-1-2-11(8-13)17(26)24-9-12-4-5-15(22)14(12)10-24;/h1-3,6-8,12,14-15H,4-5,9-10,22H2;1H. The molecule has 1 aliphatic carbocycles. The second kappa shape index (κ2) is 7.16. The number of amides is 1. The van der Waals surface area contributed by atoms with Gasteiger partial charge in [0, 0.05) is 24.7 Å². The predicted molar refractivity (Wildman–Crippen MR) is 95.9 cm³/mol. The van der Waals surface area contributed by atoms with Crippen LogP contribution in [0.25, 0.3) is 5.69 Å². The molecule has 3 unspecified atom stereocenters. The van der Waals surface area contributed by atoms with E-state index in [1.807, 2.05) is 0 Å². The maximum atomic E-state index is 13.1. The van der Waals surface area contributed by atoms with Crippen LogP contribution in [0.15, 0.2) is 36.5 Å². The number of likely N-dealkylation sites (tertiary alicyclic amines) is 1. The van der Waals surface area contributed by atoms with E-state index in [1.165, 1.54) is 12.1 Å². The molecule has 2 heterocycles. The van der Waals surface area contributed by atoms with E-state index in [0.29, 0.717) is 30.5 Å². The highest BCUT2D eigenvalue weighted by atomic mass is 35.5. The fraction of sp³-hybridized carbons (Fsp3) is 0.444. The minimum absolute atomic E-state index is 0. The van der Waals surface area contributed by atoms with Crippen molar-refractivity contribution in [2.75, 3.05) is 13.1 Å². The van der Waals surface area contributed by atoms with Gasteiger partial charge in [-0.15, -0.1) is 12.4 Å². The van der Waals surface area contributed by atoms with Gasteiger partial charge in [0.25, 0.3) is 5.91 Å². The molecule has 4 rings (SSSR count). The number of halogens is 4. The first-order valence-electron chi connectivity index (χ1n) is 8.61. The second-order valence-electron chi connectivity index (χ2n) is 7.05. The molecule has 1 saturated carbocycles. The van der Waals surface area contributed by atoms with Crippen LogP contribution in [0.5, 0.6) is 0 Å². The molecule has 2 aliphatic rings. The Kier molecular flexibility index (Phi) is 5.22. The Bertz CT molecular complexity index is 838. The maximum Gasteiger partial charge on any atom is 0.433 e. The van der Waals surface area contributed by atoms with E-state index in [1.54, 1.807) is 17.0 Å². The van der Waals surface area contributed by atoms with Crippen LogP contribution in [0.4, 0.5) is 13.2 Å². The molecule has 146 valence electrons. The third-order valence-corrected chi connectivity index (χ3v) is 5.47. The zero-order chi connectivity index (χ0) is 18.5. The van der Waals surface area contributed by atoms with Gasteiger partial charge in [-0.3, -0.25) is 4.79 Å².